The van der Waals surface area contributed by atoms with Gasteiger partial charge in [0.25, 0.3) is 11.8 Å². The predicted octanol–water partition coefficient (Wildman–Crippen LogP) is 5.35. The molecule has 0 bridgehead atoms. The zero-order valence-electron chi connectivity index (χ0n) is 16.2. The van der Waals surface area contributed by atoms with Gasteiger partial charge in [-0.25, -0.2) is 4.79 Å². The highest BCUT2D eigenvalue weighted by Crippen LogP contribution is 2.45. The molecule has 1 aliphatic rings. The molecular weight excluding hydrogens is 488 g/mol. The van der Waals surface area contributed by atoms with E-state index in [1.54, 1.807) is 44.2 Å². The highest BCUT2D eigenvalue weighted by atomic mass is 35.5. The van der Waals surface area contributed by atoms with Crippen LogP contribution in [0.5, 0.6) is 0 Å². The summed E-state index contributed by atoms with van der Waals surface area (Å²) in [5, 5.41) is -0.816. The zero-order chi connectivity index (χ0) is 23.0. The minimum Gasteiger partial charge on any atom is -0.456 e. The lowest BCUT2D eigenvalue weighted by Crippen LogP contribution is -2.49. The molecule has 2 aromatic carbocycles. The molecule has 162 valence electrons. The van der Waals surface area contributed by atoms with Gasteiger partial charge in [-0.2, -0.15) is 0 Å². The van der Waals surface area contributed by atoms with E-state index in [2.05, 4.69) is 0 Å². The third-order valence-electron chi connectivity index (χ3n) is 4.72. The van der Waals surface area contributed by atoms with Crippen LogP contribution in [0.3, 0.4) is 0 Å². The largest absolute Gasteiger partial charge is 0.456 e. The maximum atomic E-state index is 13.0. The van der Waals surface area contributed by atoms with Crippen LogP contribution in [-0.2, 0) is 9.53 Å². The van der Waals surface area contributed by atoms with Crippen LogP contribution in [0.25, 0.3) is 0 Å². The first-order chi connectivity index (χ1) is 14.6. The molecule has 1 unspecified atom stereocenters. The smallest absolute Gasteiger partial charge is 0.330 e. The lowest BCUT2D eigenvalue weighted by atomic mass is 10.0. The Labute approximate surface area is 197 Å². The lowest BCUT2D eigenvalue weighted by molar-refractivity contribution is -0.148. The van der Waals surface area contributed by atoms with Crippen LogP contribution in [0.1, 0.15) is 44.9 Å². The van der Waals surface area contributed by atoms with Crippen molar-refractivity contribution in [3.8, 4) is 0 Å². The van der Waals surface area contributed by atoms with Gasteiger partial charge >= 0.3 is 5.97 Å². The number of esters is 1. The van der Waals surface area contributed by atoms with Gasteiger partial charge in [0.1, 0.15) is 6.04 Å². The molecule has 3 rings (SSSR count). The molecule has 0 spiro atoms. The highest BCUT2D eigenvalue weighted by molar-refractivity contribution is 6.55. The summed E-state index contributed by atoms with van der Waals surface area (Å²) in [6, 6.07) is 6.94. The monoisotopic (exact) mass is 501 g/mol. The quantitative estimate of drug-likeness (QED) is 0.175. The van der Waals surface area contributed by atoms with E-state index in [4.69, 9.17) is 51.1 Å². The topological polar surface area (TPSA) is 80.8 Å². The predicted molar refractivity (Wildman–Crippen MR) is 117 cm³/mol. The number of halogens is 4. The van der Waals surface area contributed by atoms with Gasteiger partial charge in [0, 0.05) is 5.56 Å². The Balaban J connectivity index is 1.89. The second-order valence-electron chi connectivity index (χ2n) is 7.07. The number of rotatable bonds is 6. The van der Waals surface area contributed by atoms with E-state index < -0.39 is 42.1 Å². The standard InChI is InChI=1S/C21H15Cl4NO5/c1-9(2)18(21(30)31-8-11(27)10-6-4-3-5-7-10)26-19(28)12-13(20(26)29)15(23)17(25)16(24)14(12)22/h3-7,9,18H,8H2,1-2H3. The summed E-state index contributed by atoms with van der Waals surface area (Å²) in [4.78, 5) is 51.9. The summed E-state index contributed by atoms with van der Waals surface area (Å²) in [7, 11) is 0. The van der Waals surface area contributed by atoms with Crippen LogP contribution in [0.15, 0.2) is 30.3 Å². The SMILES string of the molecule is CC(C)C(C(=O)OCC(=O)c1ccccc1)N1C(=O)c2c(Cl)c(Cl)c(Cl)c(Cl)c2C1=O. The summed E-state index contributed by atoms with van der Waals surface area (Å²) in [6.07, 6.45) is 0. The van der Waals surface area contributed by atoms with Crippen molar-refractivity contribution in [1.82, 2.24) is 4.90 Å². The summed E-state index contributed by atoms with van der Waals surface area (Å²) in [5.74, 6) is -3.59. The van der Waals surface area contributed by atoms with Crippen LogP contribution in [0.2, 0.25) is 20.1 Å². The molecule has 0 N–H and O–H groups in total. The number of nitrogens with zero attached hydrogens (tertiary/aromatic N) is 1. The van der Waals surface area contributed by atoms with Gasteiger partial charge in [-0.05, 0) is 5.92 Å². The van der Waals surface area contributed by atoms with Gasteiger partial charge in [-0.1, -0.05) is 90.6 Å². The second kappa shape index (κ2) is 9.17. The van der Waals surface area contributed by atoms with E-state index in [0.717, 1.165) is 4.90 Å². The van der Waals surface area contributed by atoms with Crippen LogP contribution < -0.4 is 0 Å². The van der Waals surface area contributed by atoms with Gasteiger partial charge < -0.3 is 4.74 Å². The number of hydrogen-bond donors (Lipinski definition) is 0. The van der Waals surface area contributed by atoms with Crippen LogP contribution in [0.4, 0.5) is 0 Å². The number of hydrogen-bond acceptors (Lipinski definition) is 5. The van der Waals surface area contributed by atoms with E-state index >= 15 is 0 Å². The first-order valence-electron chi connectivity index (χ1n) is 9.06. The fourth-order valence-electron chi connectivity index (χ4n) is 3.22. The van der Waals surface area contributed by atoms with Crippen molar-refractivity contribution in [1.29, 1.82) is 0 Å². The molecule has 1 aliphatic heterocycles. The molecule has 2 amide bonds. The Kier molecular flexibility index (Phi) is 6.96. The summed E-state index contributed by atoms with van der Waals surface area (Å²) in [6.45, 7) is 2.70. The number of carbonyl (C=O) groups excluding carboxylic acids is 4. The molecule has 1 atom stereocenters. The van der Waals surface area contributed by atoms with E-state index in [9.17, 15) is 19.2 Å². The molecule has 0 aliphatic carbocycles. The summed E-state index contributed by atoms with van der Waals surface area (Å²) < 4.78 is 5.14. The highest BCUT2D eigenvalue weighted by Gasteiger charge is 2.48. The van der Waals surface area contributed by atoms with Crippen molar-refractivity contribution in [2.75, 3.05) is 6.61 Å². The molecular formula is C21H15Cl4NO5. The van der Waals surface area contributed by atoms with E-state index in [0.29, 0.717) is 5.56 Å². The third-order valence-corrected chi connectivity index (χ3v) is 6.53. The van der Waals surface area contributed by atoms with Crippen molar-refractivity contribution in [2.45, 2.75) is 19.9 Å². The molecule has 0 fully saturated rings. The number of ketones is 1. The Morgan fingerprint density at radius 1 is 0.871 bits per heavy atom. The minimum atomic E-state index is -1.32. The summed E-state index contributed by atoms with van der Waals surface area (Å²) in [5.41, 5.74) is -0.102. The molecule has 0 radical (unpaired) electrons. The van der Waals surface area contributed by atoms with Crippen LogP contribution in [0, 0.1) is 5.92 Å². The molecule has 1 heterocycles. The van der Waals surface area contributed by atoms with Gasteiger partial charge in [0.05, 0.1) is 31.2 Å². The van der Waals surface area contributed by atoms with Gasteiger partial charge in [0.2, 0.25) is 0 Å². The van der Waals surface area contributed by atoms with Gasteiger partial charge in [-0.3, -0.25) is 19.3 Å². The van der Waals surface area contributed by atoms with Gasteiger partial charge in [0.15, 0.2) is 12.4 Å². The molecule has 0 saturated heterocycles. The number of imide groups is 1. The number of ether oxygens (including phenoxy) is 1. The Morgan fingerprint density at radius 3 is 1.81 bits per heavy atom. The van der Waals surface area contributed by atoms with Crippen molar-refractivity contribution in [3.63, 3.8) is 0 Å². The minimum absolute atomic E-state index is 0.174. The number of amides is 2. The second-order valence-corrected chi connectivity index (χ2v) is 8.58. The number of Topliss-reactive ketones (excluding diaryl/α,β-unsaturated/α-hetero) is 1. The first-order valence-corrected chi connectivity index (χ1v) is 10.6. The van der Waals surface area contributed by atoms with Gasteiger partial charge in [-0.15, -0.1) is 0 Å². The van der Waals surface area contributed by atoms with Crippen LogP contribution in [-0.4, -0.2) is 41.1 Å². The zero-order valence-corrected chi connectivity index (χ0v) is 19.3. The average Bonchev–Trinajstić information content (AvgIpc) is 3.00. The Morgan fingerprint density at radius 2 is 1.35 bits per heavy atom. The van der Waals surface area contributed by atoms with Crippen molar-refractivity contribution in [2.24, 2.45) is 5.92 Å². The molecule has 2 aromatic rings. The fourth-order valence-corrected chi connectivity index (χ4v) is 4.24. The normalized spacial score (nSPS) is 14.1. The molecule has 0 aromatic heterocycles. The lowest BCUT2D eigenvalue weighted by Gasteiger charge is -2.27. The van der Waals surface area contributed by atoms with E-state index in [1.165, 1.54) is 0 Å². The third kappa shape index (κ3) is 4.17. The van der Waals surface area contributed by atoms with Crippen molar-refractivity contribution >= 4 is 70.0 Å². The van der Waals surface area contributed by atoms with E-state index in [-0.39, 0.29) is 31.2 Å². The maximum absolute atomic E-state index is 13.0. The maximum Gasteiger partial charge on any atom is 0.330 e. The number of carbonyl (C=O) groups is 4. The fraction of sp³-hybridized carbons (Fsp3) is 0.238. The Bertz CT molecular complexity index is 1050. The van der Waals surface area contributed by atoms with E-state index in [1.807, 2.05) is 0 Å². The number of benzene rings is 2. The number of fused-ring (bicyclic) bond motifs is 1. The molecule has 31 heavy (non-hydrogen) atoms. The van der Waals surface area contributed by atoms with Crippen LogP contribution >= 0.6 is 46.4 Å². The molecule has 6 nitrogen and oxygen atoms in total. The van der Waals surface area contributed by atoms with Crippen molar-refractivity contribution < 1.29 is 23.9 Å². The molecule has 0 saturated carbocycles. The van der Waals surface area contributed by atoms with Crippen molar-refractivity contribution in [3.05, 3.63) is 67.1 Å². The first kappa shape index (κ1) is 23.5. The average molecular weight is 503 g/mol. The summed E-state index contributed by atoms with van der Waals surface area (Å²) >= 11 is 24.3. The molecule has 10 heteroatoms. The Hall–Kier alpha value is -2.12.